The van der Waals surface area contributed by atoms with Gasteiger partial charge >= 0.3 is 0 Å². The van der Waals surface area contributed by atoms with Gasteiger partial charge in [0, 0.05) is 31.9 Å². The van der Waals surface area contributed by atoms with Gasteiger partial charge in [-0.15, -0.1) is 5.10 Å². The van der Waals surface area contributed by atoms with Crippen molar-refractivity contribution < 1.29 is 4.74 Å². The summed E-state index contributed by atoms with van der Waals surface area (Å²) in [4.78, 5) is 4.96. The number of anilines is 1. The van der Waals surface area contributed by atoms with Crippen LogP contribution in [0.2, 0.25) is 0 Å². The Bertz CT molecular complexity index is 726. The lowest BCUT2D eigenvalue weighted by Gasteiger charge is -2.41. The van der Waals surface area contributed by atoms with Crippen molar-refractivity contribution in [2.45, 2.75) is 46.2 Å². The number of hydrogen-bond acceptors (Lipinski definition) is 6. The summed E-state index contributed by atoms with van der Waals surface area (Å²) in [6.07, 6.45) is 0. The third kappa shape index (κ3) is 4.24. The molecule has 27 heavy (non-hydrogen) atoms. The molecule has 0 bridgehead atoms. The summed E-state index contributed by atoms with van der Waals surface area (Å²) in [5.41, 5.74) is 1.12. The molecule has 3 rings (SSSR count). The average molecular weight is 373 g/mol. The first kappa shape index (κ1) is 19.6. The van der Waals surface area contributed by atoms with Crippen LogP contribution in [-0.2, 0) is 5.54 Å². The van der Waals surface area contributed by atoms with E-state index in [9.17, 15) is 0 Å². The van der Waals surface area contributed by atoms with Crippen molar-refractivity contribution in [2.75, 3.05) is 38.2 Å². The summed E-state index contributed by atoms with van der Waals surface area (Å²) >= 11 is 0. The molecule has 1 fully saturated rings. The molecule has 7 nitrogen and oxygen atoms in total. The molecule has 2 aromatic rings. The molecule has 148 valence electrons. The highest BCUT2D eigenvalue weighted by Gasteiger charge is 2.33. The number of tetrazole rings is 1. The SMILES string of the molecule is COc1ccc(N2CCN([C@@H](c3nnnn3C(C)(C)C)C(C)C)CC2)cc1. The van der Waals surface area contributed by atoms with E-state index >= 15 is 0 Å². The fourth-order valence-corrected chi connectivity index (χ4v) is 3.79. The van der Waals surface area contributed by atoms with E-state index in [-0.39, 0.29) is 11.6 Å². The van der Waals surface area contributed by atoms with E-state index in [0.29, 0.717) is 5.92 Å². The van der Waals surface area contributed by atoms with Crippen molar-refractivity contribution in [2.24, 2.45) is 5.92 Å². The molecule has 0 N–H and O–H groups in total. The molecule has 1 aliphatic rings. The van der Waals surface area contributed by atoms with Gasteiger partial charge in [-0.25, -0.2) is 4.68 Å². The first-order valence-electron chi connectivity index (χ1n) is 9.73. The summed E-state index contributed by atoms with van der Waals surface area (Å²) in [6.45, 7) is 14.9. The van der Waals surface area contributed by atoms with E-state index in [1.54, 1.807) is 7.11 Å². The van der Waals surface area contributed by atoms with Crippen LogP contribution < -0.4 is 9.64 Å². The van der Waals surface area contributed by atoms with Crippen LogP contribution in [0.5, 0.6) is 5.75 Å². The third-order valence-corrected chi connectivity index (χ3v) is 5.17. The number of aromatic nitrogens is 4. The highest BCUT2D eigenvalue weighted by Crippen LogP contribution is 2.31. The van der Waals surface area contributed by atoms with Gasteiger partial charge in [0.05, 0.1) is 18.7 Å². The Morgan fingerprint density at radius 1 is 1.00 bits per heavy atom. The summed E-state index contributed by atoms with van der Waals surface area (Å²) in [5.74, 6) is 2.30. The lowest BCUT2D eigenvalue weighted by Crippen LogP contribution is -2.49. The van der Waals surface area contributed by atoms with Crippen LogP contribution in [0.3, 0.4) is 0 Å². The van der Waals surface area contributed by atoms with Crippen LogP contribution in [0.4, 0.5) is 5.69 Å². The van der Waals surface area contributed by atoms with Crippen molar-refractivity contribution in [3.63, 3.8) is 0 Å². The molecule has 0 aliphatic carbocycles. The fraction of sp³-hybridized carbons (Fsp3) is 0.650. The monoisotopic (exact) mass is 372 g/mol. The predicted molar refractivity (Wildman–Crippen MR) is 107 cm³/mol. The minimum atomic E-state index is -0.128. The average Bonchev–Trinajstić information content (AvgIpc) is 3.12. The number of nitrogens with zero attached hydrogens (tertiary/aromatic N) is 6. The smallest absolute Gasteiger partial charge is 0.169 e. The Morgan fingerprint density at radius 2 is 1.63 bits per heavy atom. The molecule has 0 saturated carbocycles. The van der Waals surface area contributed by atoms with E-state index in [2.05, 4.69) is 72.1 Å². The summed E-state index contributed by atoms with van der Waals surface area (Å²) in [5, 5.41) is 12.7. The second-order valence-electron chi connectivity index (χ2n) is 8.53. The van der Waals surface area contributed by atoms with E-state index in [4.69, 9.17) is 4.74 Å². The molecule has 0 spiro atoms. The zero-order valence-electron chi connectivity index (χ0n) is 17.4. The van der Waals surface area contributed by atoms with Crippen LogP contribution in [0.25, 0.3) is 0 Å². The van der Waals surface area contributed by atoms with E-state index in [1.165, 1.54) is 5.69 Å². The van der Waals surface area contributed by atoms with Gasteiger partial charge in [-0.05, 0) is 61.4 Å². The molecular formula is C20H32N6O. The molecule has 1 atom stereocenters. The third-order valence-electron chi connectivity index (χ3n) is 5.17. The van der Waals surface area contributed by atoms with Gasteiger partial charge in [-0.1, -0.05) is 13.8 Å². The minimum Gasteiger partial charge on any atom is -0.497 e. The first-order valence-corrected chi connectivity index (χ1v) is 9.73. The van der Waals surface area contributed by atoms with Gasteiger partial charge in [-0.3, -0.25) is 4.90 Å². The summed E-state index contributed by atoms with van der Waals surface area (Å²) in [6, 6.07) is 8.53. The lowest BCUT2D eigenvalue weighted by molar-refractivity contribution is 0.128. The maximum absolute atomic E-state index is 5.26. The summed E-state index contributed by atoms with van der Waals surface area (Å²) in [7, 11) is 1.70. The predicted octanol–water partition coefficient (Wildman–Crippen LogP) is 2.96. The van der Waals surface area contributed by atoms with Crippen molar-refractivity contribution in [3.05, 3.63) is 30.1 Å². The molecule has 0 amide bonds. The van der Waals surface area contributed by atoms with Crippen molar-refractivity contribution in [1.82, 2.24) is 25.1 Å². The minimum absolute atomic E-state index is 0.128. The highest BCUT2D eigenvalue weighted by atomic mass is 16.5. The van der Waals surface area contributed by atoms with Gasteiger partial charge in [0.15, 0.2) is 5.82 Å². The molecule has 0 radical (unpaired) electrons. The normalized spacial score (nSPS) is 17.4. The first-order chi connectivity index (χ1) is 12.8. The maximum atomic E-state index is 5.26. The molecule has 1 aromatic heterocycles. The van der Waals surface area contributed by atoms with Crippen LogP contribution in [0.15, 0.2) is 24.3 Å². The van der Waals surface area contributed by atoms with Gasteiger partial charge in [0.2, 0.25) is 0 Å². The van der Waals surface area contributed by atoms with E-state index in [1.807, 2.05) is 16.8 Å². The van der Waals surface area contributed by atoms with Crippen LogP contribution in [0.1, 0.15) is 46.5 Å². The van der Waals surface area contributed by atoms with E-state index < -0.39 is 0 Å². The molecular weight excluding hydrogens is 340 g/mol. The maximum Gasteiger partial charge on any atom is 0.169 e. The van der Waals surface area contributed by atoms with Crippen molar-refractivity contribution >= 4 is 5.69 Å². The Hall–Kier alpha value is -2.15. The Kier molecular flexibility index (Phi) is 5.69. The second kappa shape index (κ2) is 7.84. The van der Waals surface area contributed by atoms with Gasteiger partial charge < -0.3 is 9.64 Å². The van der Waals surface area contributed by atoms with Gasteiger partial charge in [0.25, 0.3) is 0 Å². The largest absolute Gasteiger partial charge is 0.497 e. The van der Waals surface area contributed by atoms with Crippen LogP contribution in [-0.4, -0.2) is 58.4 Å². The number of ether oxygens (including phenoxy) is 1. The molecule has 2 heterocycles. The standard InChI is InChI=1S/C20H32N6O/c1-15(2)18(19-21-22-23-26(19)20(3,4)5)25-13-11-24(12-14-25)16-7-9-17(27-6)10-8-16/h7-10,15,18H,11-14H2,1-6H3/t18-/m1/s1. The van der Waals surface area contributed by atoms with Gasteiger partial charge in [0.1, 0.15) is 5.75 Å². The zero-order chi connectivity index (χ0) is 19.6. The molecule has 1 aliphatic heterocycles. The number of methoxy groups -OCH3 is 1. The number of benzene rings is 1. The number of piperazine rings is 1. The lowest BCUT2D eigenvalue weighted by atomic mass is 9.99. The molecule has 1 aromatic carbocycles. The zero-order valence-corrected chi connectivity index (χ0v) is 17.4. The Balaban J connectivity index is 1.73. The van der Waals surface area contributed by atoms with E-state index in [0.717, 1.165) is 37.8 Å². The number of hydrogen-bond donors (Lipinski definition) is 0. The molecule has 1 saturated heterocycles. The Morgan fingerprint density at radius 3 is 2.15 bits per heavy atom. The van der Waals surface area contributed by atoms with Crippen molar-refractivity contribution in [1.29, 1.82) is 0 Å². The topological polar surface area (TPSA) is 59.3 Å². The highest BCUT2D eigenvalue weighted by molar-refractivity contribution is 5.49. The Labute approximate surface area is 162 Å². The van der Waals surface area contributed by atoms with Crippen LogP contribution in [0, 0.1) is 5.92 Å². The molecule has 0 unspecified atom stereocenters. The second-order valence-corrected chi connectivity index (χ2v) is 8.53. The van der Waals surface area contributed by atoms with Crippen LogP contribution >= 0.6 is 0 Å². The summed E-state index contributed by atoms with van der Waals surface area (Å²) < 4.78 is 7.24. The van der Waals surface area contributed by atoms with Gasteiger partial charge in [-0.2, -0.15) is 0 Å². The quantitative estimate of drug-likeness (QED) is 0.804. The number of rotatable bonds is 5. The van der Waals surface area contributed by atoms with Crippen molar-refractivity contribution in [3.8, 4) is 5.75 Å². The molecule has 7 heteroatoms. The fourth-order valence-electron chi connectivity index (χ4n) is 3.79.